The molecule has 7 heteroatoms. The molecule has 0 spiro atoms. The third kappa shape index (κ3) is 3.34. The fraction of sp³-hybridized carbons (Fsp3) is 0.111. The Morgan fingerprint density at radius 1 is 1.38 bits per heavy atom. The summed E-state index contributed by atoms with van der Waals surface area (Å²) >= 11 is 3.73. The first-order chi connectivity index (χ1) is 7.33. The van der Waals surface area contributed by atoms with Gasteiger partial charge in [0.15, 0.2) is 11.6 Å². The van der Waals surface area contributed by atoms with Gasteiger partial charge in [0.25, 0.3) is 0 Å². The molecule has 0 bridgehead atoms. The van der Waals surface area contributed by atoms with Crippen LogP contribution in [0.15, 0.2) is 23.6 Å². The molecule has 2 nitrogen and oxygen atoms in total. The Labute approximate surface area is 94.1 Å². The summed E-state index contributed by atoms with van der Waals surface area (Å²) in [5.74, 6) is -2.05. The lowest BCUT2D eigenvalue weighted by molar-refractivity contribution is -0.275. The molecule has 0 aliphatic carbocycles. The van der Waals surface area contributed by atoms with Gasteiger partial charge >= 0.3 is 6.36 Å². The van der Waals surface area contributed by atoms with Crippen LogP contribution in [0, 0.1) is 5.82 Å². The van der Waals surface area contributed by atoms with E-state index in [9.17, 15) is 17.6 Å². The molecular weight excluding hydrogens is 246 g/mol. The van der Waals surface area contributed by atoms with Crippen LogP contribution in [0.2, 0.25) is 0 Å². The van der Waals surface area contributed by atoms with Crippen molar-refractivity contribution in [2.24, 2.45) is 5.73 Å². The summed E-state index contributed by atoms with van der Waals surface area (Å²) < 4.78 is 52.1. The Balaban J connectivity index is 3.09. The van der Waals surface area contributed by atoms with Crippen LogP contribution in [0.4, 0.5) is 17.6 Å². The van der Waals surface area contributed by atoms with E-state index in [2.05, 4.69) is 17.4 Å². The Bertz CT molecular complexity index is 416. The maximum absolute atomic E-state index is 13.0. The summed E-state index contributed by atoms with van der Waals surface area (Å²) in [6, 6.07) is 2.91. The predicted molar refractivity (Wildman–Crippen MR) is 54.2 cm³/mol. The van der Waals surface area contributed by atoms with Crippen molar-refractivity contribution in [1.82, 2.24) is 0 Å². The first-order valence-corrected chi connectivity index (χ1v) is 4.50. The Kier molecular flexibility index (Phi) is 3.69. The van der Waals surface area contributed by atoms with Crippen molar-refractivity contribution >= 4 is 18.3 Å². The summed E-state index contributed by atoms with van der Waals surface area (Å²) in [5.41, 5.74) is 5.70. The lowest BCUT2D eigenvalue weighted by Gasteiger charge is -2.11. The molecule has 0 aliphatic rings. The number of benzene rings is 1. The van der Waals surface area contributed by atoms with Crippen LogP contribution in [0.5, 0.6) is 5.75 Å². The topological polar surface area (TPSA) is 35.2 Å². The fourth-order valence-electron chi connectivity index (χ4n) is 0.960. The molecule has 1 rings (SSSR count). The Hall–Kier alpha value is -1.37. The minimum atomic E-state index is -4.95. The molecule has 0 atom stereocenters. The highest BCUT2D eigenvalue weighted by Crippen LogP contribution is 2.27. The highest BCUT2D eigenvalue weighted by atomic mass is 32.1. The quantitative estimate of drug-likeness (QED) is 0.628. The number of thiol groups is 1. The highest BCUT2D eigenvalue weighted by Gasteiger charge is 2.32. The van der Waals surface area contributed by atoms with E-state index in [4.69, 9.17) is 5.73 Å². The maximum atomic E-state index is 13.0. The summed E-state index contributed by atoms with van der Waals surface area (Å²) in [6.07, 6.45) is -4.95. The number of hydrogen-bond donors (Lipinski definition) is 2. The molecule has 0 unspecified atom stereocenters. The second-order valence-corrected chi connectivity index (χ2v) is 3.04. The first kappa shape index (κ1) is 12.7. The zero-order valence-corrected chi connectivity index (χ0v) is 8.65. The van der Waals surface area contributed by atoms with Crippen LogP contribution < -0.4 is 10.5 Å². The van der Waals surface area contributed by atoms with E-state index in [0.717, 1.165) is 12.1 Å². The molecule has 0 fully saturated rings. The summed E-state index contributed by atoms with van der Waals surface area (Å²) in [5, 5.41) is 1.19. The zero-order chi connectivity index (χ0) is 12.3. The minimum Gasteiger partial charge on any atom is -0.403 e. The smallest absolute Gasteiger partial charge is 0.403 e. The Morgan fingerprint density at radius 3 is 2.50 bits per heavy atom. The van der Waals surface area contributed by atoms with Gasteiger partial charge in [0, 0.05) is 11.3 Å². The van der Waals surface area contributed by atoms with E-state index in [1.54, 1.807) is 0 Å². The maximum Gasteiger partial charge on any atom is 0.573 e. The summed E-state index contributed by atoms with van der Waals surface area (Å²) in [7, 11) is 0. The second kappa shape index (κ2) is 4.65. The first-order valence-electron chi connectivity index (χ1n) is 3.99. The van der Waals surface area contributed by atoms with Crippen molar-refractivity contribution < 1.29 is 22.3 Å². The van der Waals surface area contributed by atoms with Gasteiger partial charge in [0.2, 0.25) is 0 Å². The molecular formula is C9H7F4NOS. The van der Waals surface area contributed by atoms with Gasteiger partial charge in [0.1, 0.15) is 0 Å². The van der Waals surface area contributed by atoms with Crippen LogP contribution >= 0.6 is 12.6 Å². The van der Waals surface area contributed by atoms with E-state index in [0.29, 0.717) is 0 Å². The van der Waals surface area contributed by atoms with E-state index in [1.807, 2.05) is 0 Å². The van der Waals surface area contributed by atoms with Crippen LogP contribution in [-0.4, -0.2) is 6.36 Å². The Morgan fingerprint density at radius 2 is 2.00 bits per heavy atom. The number of nitrogens with two attached hydrogens (primary N) is 1. The molecule has 0 heterocycles. The molecule has 2 N–H and O–H groups in total. The third-order valence-corrected chi connectivity index (χ3v) is 1.91. The van der Waals surface area contributed by atoms with E-state index < -0.39 is 17.9 Å². The van der Waals surface area contributed by atoms with Crippen molar-refractivity contribution in [3.8, 4) is 5.75 Å². The number of hydrogen-bond acceptors (Lipinski definition) is 3. The molecule has 0 saturated carbocycles. The van der Waals surface area contributed by atoms with E-state index in [-0.39, 0.29) is 11.3 Å². The molecule has 16 heavy (non-hydrogen) atoms. The third-order valence-electron chi connectivity index (χ3n) is 1.63. The van der Waals surface area contributed by atoms with E-state index >= 15 is 0 Å². The van der Waals surface area contributed by atoms with Crippen molar-refractivity contribution in [3.63, 3.8) is 0 Å². The number of alkyl halides is 3. The van der Waals surface area contributed by atoms with Crippen molar-refractivity contribution in [3.05, 3.63) is 35.0 Å². The van der Waals surface area contributed by atoms with Gasteiger partial charge in [-0.15, -0.1) is 25.8 Å². The van der Waals surface area contributed by atoms with E-state index in [1.165, 1.54) is 11.5 Å². The lowest BCUT2D eigenvalue weighted by Crippen LogP contribution is -2.18. The van der Waals surface area contributed by atoms with Crippen LogP contribution in [-0.2, 0) is 0 Å². The molecule has 1 aromatic carbocycles. The number of ether oxygens (including phenoxy) is 1. The number of rotatable bonds is 2. The van der Waals surface area contributed by atoms with Gasteiger partial charge in [-0.3, -0.25) is 0 Å². The molecule has 0 aliphatic heterocycles. The van der Waals surface area contributed by atoms with Gasteiger partial charge in [-0.2, -0.15) is 0 Å². The fourth-order valence-corrected chi connectivity index (χ4v) is 1.11. The largest absolute Gasteiger partial charge is 0.573 e. The summed E-state index contributed by atoms with van der Waals surface area (Å²) in [4.78, 5) is 0. The van der Waals surface area contributed by atoms with Crippen molar-refractivity contribution in [2.45, 2.75) is 6.36 Å². The van der Waals surface area contributed by atoms with Gasteiger partial charge in [-0.05, 0) is 23.6 Å². The van der Waals surface area contributed by atoms with Crippen molar-refractivity contribution in [1.29, 1.82) is 0 Å². The summed E-state index contributed by atoms with van der Waals surface area (Å²) in [6.45, 7) is 0. The molecule has 88 valence electrons. The average molecular weight is 253 g/mol. The van der Waals surface area contributed by atoms with Gasteiger partial charge in [-0.25, -0.2) is 4.39 Å². The van der Waals surface area contributed by atoms with Gasteiger partial charge in [-0.1, -0.05) is 0 Å². The minimum absolute atomic E-state index is 0.107. The highest BCUT2D eigenvalue weighted by molar-refractivity contribution is 7.83. The predicted octanol–water partition coefficient (Wildman–Crippen LogP) is 2.91. The molecule has 0 aromatic heterocycles. The van der Waals surface area contributed by atoms with Crippen molar-refractivity contribution in [2.75, 3.05) is 0 Å². The lowest BCUT2D eigenvalue weighted by atomic mass is 10.1. The number of halogens is 4. The standard InChI is InChI=1S/C9H7F4NOS/c10-6-2-1-5(7(14)4-16)3-8(6)15-9(11,12)13/h1-4,16H,14H2/b7-4-. The second-order valence-electron chi connectivity index (χ2n) is 2.78. The van der Waals surface area contributed by atoms with Gasteiger partial charge in [0.05, 0.1) is 0 Å². The molecule has 0 amide bonds. The van der Waals surface area contributed by atoms with Crippen LogP contribution in [0.1, 0.15) is 5.56 Å². The monoisotopic (exact) mass is 253 g/mol. The van der Waals surface area contributed by atoms with Gasteiger partial charge < -0.3 is 10.5 Å². The molecule has 1 aromatic rings. The van der Waals surface area contributed by atoms with Crippen LogP contribution in [0.3, 0.4) is 0 Å². The van der Waals surface area contributed by atoms with Crippen LogP contribution in [0.25, 0.3) is 5.70 Å². The zero-order valence-electron chi connectivity index (χ0n) is 7.75. The average Bonchev–Trinajstić information content (AvgIpc) is 2.18. The molecule has 0 radical (unpaired) electrons. The normalized spacial score (nSPS) is 12.7. The molecule has 0 saturated heterocycles. The SMILES string of the molecule is N/C(=C\S)c1ccc(F)c(OC(F)(F)F)c1.